The van der Waals surface area contributed by atoms with Crippen LogP contribution in [0, 0.1) is 16.7 Å². The molecule has 1 amide bonds. The number of carbonyl (C=O) groups is 2. The minimum atomic E-state index is -2.16. The number of hydrogen-bond donors (Lipinski definition) is 0. The number of carbonyl (C=O) groups excluding carboxylic acids is 2. The summed E-state index contributed by atoms with van der Waals surface area (Å²) in [6.07, 6.45) is 4.61. The van der Waals surface area contributed by atoms with Crippen LogP contribution >= 0.6 is 11.9 Å². The number of rotatable bonds is 4. The Hall–Kier alpha value is -1.07. The van der Waals surface area contributed by atoms with Gasteiger partial charge in [0.05, 0.1) is 24.4 Å². The van der Waals surface area contributed by atoms with Crippen molar-refractivity contribution in [3.05, 3.63) is 35.9 Å². The van der Waals surface area contributed by atoms with E-state index in [9.17, 15) is 9.59 Å². The molecule has 3 aliphatic rings. The molecule has 170 valence electrons. The molecule has 1 aliphatic heterocycles. The Morgan fingerprint density at radius 1 is 1.23 bits per heavy atom. The molecule has 5 unspecified atom stereocenters. The maximum Gasteiger partial charge on any atom is 0.239 e. The molecule has 1 aromatic rings. The summed E-state index contributed by atoms with van der Waals surface area (Å²) < 4.78 is 1.61. The van der Waals surface area contributed by atoms with E-state index in [1.165, 1.54) is 12.7 Å². The third kappa shape index (κ3) is 2.65. The number of benzene rings is 1. The molecule has 5 heteroatoms. The Kier molecular flexibility index (Phi) is 5.19. The lowest BCUT2D eigenvalue weighted by Crippen LogP contribution is -2.68. The predicted octanol–water partition coefficient (Wildman–Crippen LogP) is 6.46. The van der Waals surface area contributed by atoms with Gasteiger partial charge >= 0.3 is 0 Å². The highest BCUT2D eigenvalue weighted by molar-refractivity contribution is 8.02. The van der Waals surface area contributed by atoms with Crippen LogP contribution in [0.4, 0.5) is 0 Å². The van der Waals surface area contributed by atoms with Crippen molar-refractivity contribution >= 4 is 32.2 Å². The molecule has 1 spiro atoms. The van der Waals surface area contributed by atoms with Crippen molar-refractivity contribution in [2.75, 3.05) is 0 Å². The fraction of sp³-hybridized carbons (Fsp3) is 0.692. The van der Waals surface area contributed by atoms with E-state index in [2.05, 4.69) is 52.0 Å². The molecule has 2 bridgehead atoms. The van der Waals surface area contributed by atoms with E-state index in [-0.39, 0.29) is 33.7 Å². The van der Waals surface area contributed by atoms with Crippen LogP contribution in [0.1, 0.15) is 72.3 Å². The van der Waals surface area contributed by atoms with E-state index < -0.39 is 12.4 Å². The molecule has 2 aliphatic carbocycles. The average molecular weight is 458 g/mol. The van der Waals surface area contributed by atoms with Crippen molar-refractivity contribution in [2.45, 2.75) is 95.3 Å². The Labute approximate surface area is 193 Å². The van der Waals surface area contributed by atoms with Crippen molar-refractivity contribution in [2.24, 2.45) is 16.7 Å². The average Bonchev–Trinajstić information content (AvgIpc) is 3.26. The summed E-state index contributed by atoms with van der Waals surface area (Å²) in [4.78, 5) is 27.3. The van der Waals surface area contributed by atoms with E-state index in [1.54, 1.807) is 11.9 Å². The molecular formula is C26H39NO2SSi. The van der Waals surface area contributed by atoms with Crippen molar-refractivity contribution in [1.29, 1.82) is 0 Å². The topological polar surface area (TPSA) is 37.4 Å². The van der Waals surface area contributed by atoms with Gasteiger partial charge in [-0.2, -0.15) is 0 Å². The number of amides is 1. The number of fused-ring (bicyclic) bond motifs is 1. The smallest absolute Gasteiger partial charge is 0.239 e. The van der Waals surface area contributed by atoms with E-state index >= 15 is 0 Å². The van der Waals surface area contributed by atoms with Crippen molar-refractivity contribution in [3.8, 4) is 0 Å². The fourth-order valence-electron chi connectivity index (χ4n) is 7.21. The van der Waals surface area contributed by atoms with Gasteiger partial charge in [0.1, 0.15) is 6.29 Å². The van der Waals surface area contributed by atoms with Crippen molar-refractivity contribution in [3.63, 3.8) is 0 Å². The zero-order chi connectivity index (χ0) is 23.0. The first-order valence-electron chi connectivity index (χ1n) is 11.8. The Bertz CT molecular complexity index is 892. The quantitative estimate of drug-likeness (QED) is 0.296. The van der Waals surface area contributed by atoms with E-state index in [1.807, 2.05) is 37.3 Å². The molecule has 0 radical (unpaired) electrons. The zero-order valence-electron chi connectivity index (χ0n) is 20.5. The summed E-state index contributed by atoms with van der Waals surface area (Å²) in [6.45, 7) is 18.5. The van der Waals surface area contributed by atoms with Crippen molar-refractivity contribution in [1.82, 2.24) is 4.31 Å². The second-order valence-electron chi connectivity index (χ2n) is 12.3. The lowest BCUT2D eigenvalue weighted by molar-refractivity contribution is -0.130. The van der Waals surface area contributed by atoms with Gasteiger partial charge in [-0.05, 0) is 60.1 Å². The van der Waals surface area contributed by atoms with Gasteiger partial charge in [0.15, 0.2) is 0 Å². The van der Waals surface area contributed by atoms with Crippen LogP contribution in [-0.4, -0.2) is 35.0 Å². The van der Waals surface area contributed by atoms with Gasteiger partial charge in [-0.25, -0.2) is 0 Å². The normalized spacial score (nSPS) is 35.2. The van der Waals surface area contributed by atoms with Crippen LogP contribution < -0.4 is 0 Å². The zero-order valence-corrected chi connectivity index (χ0v) is 22.3. The molecule has 3 nitrogen and oxygen atoms in total. The third-order valence-electron chi connectivity index (χ3n) is 10.2. The summed E-state index contributed by atoms with van der Waals surface area (Å²) in [6, 6.07) is 10.3. The lowest BCUT2D eigenvalue weighted by Gasteiger charge is -2.57. The first-order valence-corrected chi connectivity index (χ1v) is 15.6. The second kappa shape index (κ2) is 6.96. The van der Waals surface area contributed by atoms with Crippen LogP contribution in [0.15, 0.2) is 30.3 Å². The van der Waals surface area contributed by atoms with Crippen LogP contribution in [-0.2, 0) is 9.59 Å². The molecule has 1 heterocycles. The summed E-state index contributed by atoms with van der Waals surface area (Å²) in [7, 11) is -2.16. The minimum absolute atomic E-state index is 0.0566. The number of hydrogen-bond acceptors (Lipinski definition) is 3. The molecule has 1 saturated heterocycles. The highest BCUT2D eigenvalue weighted by Crippen LogP contribution is 2.79. The first kappa shape index (κ1) is 23.1. The maximum absolute atomic E-state index is 14.0. The van der Waals surface area contributed by atoms with Gasteiger partial charge < -0.3 is 4.79 Å². The van der Waals surface area contributed by atoms with Gasteiger partial charge in [-0.15, -0.1) is 0 Å². The van der Waals surface area contributed by atoms with E-state index in [0.717, 1.165) is 18.4 Å². The monoisotopic (exact) mass is 457 g/mol. The van der Waals surface area contributed by atoms with Gasteiger partial charge in [-0.1, -0.05) is 78.0 Å². The lowest BCUT2D eigenvalue weighted by atomic mass is 9.65. The van der Waals surface area contributed by atoms with Crippen LogP contribution in [0.5, 0.6) is 0 Å². The minimum Gasteiger partial charge on any atom is -0.302 e. The summed E-state index contributed by atoms with van der Waals surface area (Å²) in [5.74, 6) is 0.561. The van der Waals surface area contributed by atoms with E-state index in [4.69, 9.17) is 0 Å². The molecule has 4 rings (SSSR count). The SMILES string of the molecule is CC(C(=O)N1SC(C=O)([Si](C)(C)C(C)(C)C)C23CCC(CC12)C3(C)C)c1ccccc1. The molecule has 3 fully saturated rings. The molecule has 0 aromatic heterocycles. The fourth-order valence-corrected chi connectivity index (χ4v) is 14.1. The van der Waals surface area contributed by atoms with Crippen LogP contribution in [0.2, 0.25) is 18.1 Å². The summed E-state index contributed by atoms with van der Waals surface area (Å²) in [5, 5.41) is 0.0566. The highest BCUT2D eigenvalue weighted by atomic mass is 32.2. The molecule has 31 heavy (non-hydrogen) atoms. The standard InChI is InChI=1S/C26H39NO2SSi/c1-18(19-12-10-9-11-13-19)22(29)27-21-16-20-14-15-25(21,24(20,5)6)26(17-28,30-27)31(7,8)23(2,3)4/h9-13,17-18,20-21H,14-16H2,1-8H3. The molecular weight excluding hydrogens is 418 g/mol. The maximum atomic E-state index is 14.0. The predicted molar refractivity (Wildman–Crippen MR) is 133 cm³/mol. The molecule has 2 saturated carbocycles. The van der Waals surface area contributed by atoms with Crippen LogP contribution in [0.25, 0.3) is 0 Å². The Morgan fingerprint density at radius 3 is 2.35 bits per heavy atom. The van der Waals surface area contributed by atoms with Gasteiger partial charge in [-0.3, -0.25) is 9.10 Å². The van der Waals surface area contributed by atoms with Gasteiger partial charge in [0, 0.05) is 5.41 Å². The Balaban J connectivity index is 1.86. The summed E-state index contributed by atoms with van der Waals surface area (Å²) in [5.41, 5.74) is 0.985. The largest absolute Gasteiger partial charge is 0.302 e. The van der Waals surface area contributed by atoms with Gasteiger partial charge in [0.25, 0.3) is 0 Å². The third-order valence-corrected chi connectivity index (χ3v) is 19.5. The number of nitrogens with zero attached hydrogens (tertiary/aromatic N) is 1. The van der Waals surface area contributed by atoms with E-state index in [0.29, 0.717) is 5.92 Å². The second-order valence-corrected chi connectivity index (χ2v) is 19.4. The highest BCUT2D eigenvalue weighted by Gasteiger charge is 2.82. The molecule has 1 aromatic carbocycles. The Morgan fingerprint density at radius 2 is 1.84 bits per heavy atom. The molecule has 5 atom stereocenters. The van der Waals surface area contributed by atoms with Gasteiger partial charge in [0.2, 0.25) is 5.91 Å². The summed E-state index contributed by atoms with van der Waals surface area (Å²) >= 11 is 1.64. The van der Waals surface area contributed by atoms with Crippen molar-refractivity contribution < 1.29 is 9.59 Å². The number of aldehydes is 1. The van der Waals surface area contributed by atoms with Crippen LogP contribution in [0.3, 0.4) is 0 Å². The molecule has 0 N–H and O–H groups in total. The first-order chi connectivity index (χ1) is 14.3.